The maximum absolute atomic E-state index is 13.0. The van der Waals surface area contributed by atoms with Gasteiger partial charge in [-0.3, -0.25) is 9.69 Å². The van der Waals surface area contributed by atoms with Gasteiger partial charge in [-0.15, -0.1) is 24.8 Å². The summed E-state index contributed by atoms with van der Waals surface area (Å²) < 4.78 is 5.91. The molecular formula is C26H34Cl2N2O2. The minimum atomic E-state index is 0. The van der Waals surface area contributed by atoms with Gasteiger partial charge in [-0.25, -0.2) is 0 Å². The third-order valence-electron chi connectivity index (χ3n) is 5.79. The van der Waals surface area contributed by atoms with Crippen molar-refractivity contribution in [1.29, 1.82) is 0 Å². The van der Waals surface area contributed by atoms with Gasteiger partial charge in [0.1, 0.15) is 12.4 Å². The molecule has 0 atom stereocenters. The molecule has 0 fully saturated rings. The van der Waals surface area contributed by atoms with E-state index in [0.717, 1.165) is 72.8 Å². The van der Waals surface area contributed by atoms with Gasteiger partial charge in [0.05, 0.1) is 6.54 Å². The number of carbonyl (C=O) groups excluding carboxylic acids is 1. The van der Waals surface area contributed by atoms with Gasteiger partial charge in [-0.05, 0) is 67.6 Å². The zero-order valence-electron chi connectivity index (χ0n) is 19.4. The van der Waals surface area contributed by atoms with E-state index < -0.39 is 0 Å². The predicted octanol–water partition coefficient (Wildman–Crippen LogP) is 5.16. The maximum atomic E-state index is 13.0. The molecule has 2 aromatic rings. The van der Waals surface area contributed by atoms with Gasteiger partial charge in [-0.1, -0.05) is 45.6 Å². The summed E-state index contributed by atoms with van der Waals surface area (Å²) in [5.41, 5.74) is 4.31. The molecule has 1 aliphatic carbocycles. The first-order chi connectivity index (χ1) is 14.6. The normalized spacial score (nSPS) is 11.2. The van der Waals surface area contributed by atoms with Crippen LogP contribution in [0.1, 0.15) is 49.2 Å². The molecule has 4 nitrogen and oxygen atoms in total. The van der Waals surface area contributed by atoms with Crippen LogP contribution < -0.4 is 4.74 Å². The fourth-order valence-electron chi connectivity index (χ4n) is 3.76. The molecule has 0 unspecified atom stereocenters. The highest BCUT2D eigenvalue weighted by Gasteiger charge is 2.27. The third-order valence-corrected chi connectivity index (χ3v) is 5.79. The number of ketones is 1. The Morgan fingerprint density at radius 3 is 2.00 bits per heavy atom. The highest BCUT2D eigenvalue weighted by molar-refractivity contribution is 6.22. The monoisotopic (exact) mass is 476 g/mol. The number of hydrogen-bond donors (Lipinski definition) is 0. The number of halogens is 2. The van der Waals surface area contributed by atoms with E-state index >= 15 is 0 Å². The zero-order chi connectivity index (χ0) is 21.5. The Bertz CT molecular complexity index is 958. The summed E-state index contributed by atoms with van der Waals surface area (Å²) in [6.45, 7) is 14.8. The molecule has 32 heavy (non-hydrogen) atoms. The summed E-state index contributed by atoms with van der Waals surface area (Å²) in [5, 5.41) is 0. The molecule has 174 valence electrons. The molecule has 0 aromatic heterocycles. The van der Waals surface area contributed by atoms with Crippen molar-refractivity contribution in [3.63, 3.8) is 0 Å². The molecule has 1 aliphatic rings. The van der Waals surface area contributed by atoms with Crippen LogP contribution in [0.5, 0.6) is 5.75 Å². The summed E-state index contributed by atoms with van der Waals surface area (Å²) in [4.78, 5) is 17.6. The lowest BCUT2D eigenvalue weighted by Crippen LogP contribution is -2.27. The van der Waals surface area contributed by atoms with Crippen LogP contribution in [0.2, 0.25) is 0 Å². The Hall–Kier alpha value is -2.03. The number of hydrogen-bond acceptors (Lipinski definition) is 4. The van der Waals surface area contributed by atoms with Crippen LogP contribution in [-0.4, -0.2) is 61.5 Å². The van der Waals surface area contributed by atoms with E-state index in [4.69, 9.17) is 4.74 Å². The third kappa shape index (κ3) is 6.49. The largest absolute Gasteiger partial charge is 0.492 e. The smallest absolute Gasteiger partial charge is 0.194 e. The van der Waals surface area contributed by atoms with Gasteiger partial charge in [0.15, 0.2) is 5.78 Å². The number of fused-ring (bicyclic) bond motifs is 3. The predicted molar refractivity (Wildman–Crippen MR) is 138 cm³/mol. The van der Waals surface area contributed by atoms with E-state index in [0.29, 0.717) is 6.61 Å². The Morgan fingerprint density at radius 1 is 0.781 bits per heavy atom. The topological polar surface area (TPSA) is 32.8 Å². The van der Waals surface area contributed by atoms with E-state index in [1.807, 2.05) is 36.4 Å². The fourth-order valence-corrected chi connectivity index (χ4v) is 3.76. The van der Waals surface area contributed by atoms with Crippen molar-refractivity contribution in [2.45, 2.75) is 27.7 Å². The van der Waals surface area contributed by atoms with Gasteiger partial charge >= 0.3 is 0 Å². The lowest BCUT2D eigenvalue weighted by molar-refractivity contribution is 0.104. The van der Waals surface area contributed by atoms with Crippen molar-refractivity contribution in [3.05, 3.63) is 53.1 Å². The fraction of sp³-hybridized carbons (Fsp3) is 0.423. The van der Waals surface area contributed by atoms with Crippen molar-refractivity contribution >= 4 is 30.6 Å². The van der Waals surface area contributed by atoms with Gasteiger partial charge in [-0.2, -0.15) is 0 Å². The second-order valence-corrected chi connectivity index (χ2v) is 7.44. The minimum Gasteiger partial charge on any atom is -0.492 e. The molecule has 0 aliphatic heterocycles. The second kappa shape index (κ2) is 13.5. The molecular weight excluding hydrogens is 443 g/mol. The van der Waals surface area contributed by atoms with Crippen molar-refractivity contribution in [3.8, 4) is 28.7 Å². The summed E-state index contributed by atoms with van der Waals surface area (Å²) >= 11 is 0. The van der Waals surface area contributed by atoms with Crippen LogP contribution in [0.15, 0.2) is 36.4 Å². The Labute approximate surface area is 205 Å². The number of ether oxygens (including phenoxy) is 1. The van der Waals surface area contributed by atoms with Crippen LogP contribution in [-0.2, 0) is 0 Å². The first-order valence-electron chi connectivity index (χ1n) is 11.0. The van der Waals surface area contributed by atoms with Crippen LogP contribution >= 0.6 is 24.8 Å². The minimum absolute atomic E-state index is 0. The molecule has 0 heterocycles. The van der Waals surface area contributed by atoms with E-state index in [1.165, 1.54) is 0 Å². The molecule has 3 rings (SSSR count). The number of rotatable bonds is 9. The average molecular weight is 477 g/mol. The number of likely N-dealkylation sites (N-methyl/N-ethyl adjacent to an activating group) is 1. The van der Waals surface area contributed by atoms with Gasteiger partial charge in [0.2, 0.25) is 0 Å². The van der Waals surface area contributed by atoms with Gasteiger partial charge in [0.25, 0.3) is 0 Å². The molecule has 0 radical (unpaired) electrons. The van der Waals surface area contributed by atoms with Crippen LogP contribution in [0.25, 0.3) is 11.1 Å². The lowest BCUT2D eigenvalue weighted by atomic mass is 10.0. The number of carbonyl (C=O) groups is 1. The zero-order valence-corrected chi connectivity index (χ0v) is 21.1. The molecule has 0 spiro atoms. The molecule has 6 heteroatoms. The van der Waals surface area contributed by atoms with Crippen LogP contribution in [0.4, 0.5) is 0 Å². The summed E-state index contributed by atoms with van der Waals surface area (Å²) in [6.07, 6.45) is 0. The maximum Gasteiger partial charge on any atom is 0.194 e. The quantitative estimate of drug-likeness (QED) is 0.399. The number of benzene rings is 2. The van der Waals surface area contributed by atoms with Crippen molar-refractivity contribution < 1.29 is 9.53 Å². The van der Waals surface area contributed by atoms with Crippen LogP contribution in [0, 0.1) is 11.8 Å². The van der Waals surface area contributed by atoms with Gasteiger partial charge < -0.3 is 9.64 Å². The standard InChI is InChI=1S/C26H32N2O2.2ClH/c1-5-27(6-2)15-9-10-20-11-13-22-23-14-12-21(30-17-16-28(7-3)8-4)19-25(23)26(29)24(22)18-20;;/h11-14,18-19H,5-8,15-17H2,1-4H3;2*1H. The molecule has 0 saturated carbocycles. The first kappa shape index (κ1) is 28.0. The molecule has 0 bridgehead atoms. The van der Waals surface area contributed by atoms with E-state index in [-0.39, 0.29) is 30.6 Å². The van der Waals surface area contributed by atoms with Crippen LogP contribution in [0.3, 0.4) is 0 Å². The summed E-state index contributed by atoms with van der Waals surface area (Å²) in [6, 6.07) is 11.8. The Balaban J connectivity index is 0.00000256. The molecule has 0 saturated heterocycles. The van der Waals surface area contributed by atoms with E-state index in [1.54, 1.807) is 0 Å². The Morgan fingerprint density at radius 2 is 1.38 bits per heavy atom. The van der Waals surface area contributed by atoms with Gasteiger partial charge in [0, 0.05) is 23.2 Å². The lowest BCUT2D eigenvalue weighted by Gasteiger charge is -2.18. The highest BCUT2D eigenvalue weighted by Crippen LogP contribution is 2.38. The van der Waals surface area contributed by atoms with Crippen molar-refractivity contribution in [1.82, 2.24) is 9.80 Å². The SMILES string of the molecule is CCN(CC)CC#Cc1ccc2c(c1)C(=O)c1cc(OCCN(CC)CC)ccc1-2.Cl.Cl. The number of nitrogens with zero attached hydrogens (tertiary/aromatic N) is 2. The van der Waals surface area contributed by atoms with E-state index in [2.05, 4.69) is 49.3 Å². The Kier molecular flexibility index (Phi) is 11.8. The molecule has 2 aromatic carbocycles. The highest BCUT2D eigenvalue weighted by atomic mass is 35.5. The average Bonchev–Trinajstić information content (AvgIpc) is 3.05. The van der Waals surface area contributed by atoms with Crippen molar-refractivity contribution in [2.75, 3.05) is 45.9 Å². The van der Waals surface area contributed by atoms with Crippen molar-refractivity contribution in [2.24, 2.45) is 0 Å². The first-order valence-corrected chi connectivity index (χ1v) is 11.0. The molecule has 0 amide bonds. The second-order valence-electron chi connectivity index (χ2n) is 7.44. The van der Waals surface area contributed by atoms with E-state index in [9.17, 15) is 4.79 Å². The summed E-state index contributed by atoms with van der Waals surface area (Å²) in [5.74, 6) is 7.24. The molecule has 0 N–H and O–H groups in total. The summed E-state index contributed by atoms with van der Waals surface area (Å²) in [7, 11) is 0.